The molecule has 4 nitrogen and oxygen atoms in total. The standard InChI is InChI=1S/C15H21IN4/c1-11(9-19-6-2-3-7-19)10-20-14-5-4-12(16)8-13(14)18-15(20)17/h4-5,8,11H,2-3,6-7,9-10H2,1H3,(H2,17,18). The Morgan fingerprint density at radius 2 is 2.05 bits per heavy atom. The fourth-order valence-electron chi connectivity index (χ4n) is 3.09. The van der Waals surface area contributed by atoms with Gasteiger partial charge < -0.3 is 15.2 Å². The average molecular weight is 384 g/mol. The lowest BCUT2D eigenvalue weighted by atomic mass is 10.1. The minimum atomic E-state index is 0.590. The van der Waals surface area contributed by atoms with Gasteiger partial charge in [0, 0.05) is 16.7 Å². The first-order valence-electron chi connectivity index (χ1n) is 7.27. The number of halogens is 1. The smallest absolute Gasteiger partial charge is 0.201 e. The number of rotatable bonds is 4. The number of aromatic nitrogens is 2. The summed E-state index contributed by atoms with van der Waals surface area (Å²) < 4.78 is 3.36. The average Bonchev–Trinajstić information content (AvgIpc) is 2.98. The summed E-state index contributed by atoms with van der Waals surface area (Å²) in [4.78, 5) is 7.04. The molecule has 0 aliphatic carbocycles. The maximum Gasteiger partial charge on any atom is 0.201 e. The summed E-state index contributed by atoms with van der Waals surface area (Å²) in [6, 6.07) is 6.34. The number of nitrogens with zero attached hydrogens (tertiary/aromatic N) is 3. The first kappa shape index (κ1) is 14.1. The zero-order valence-electron chi connectivity index (χ0n) is 11.8. The van der Waals surface area contributed by atoms with E-state index in [9.17, 15) is 0 Å². The normalized spacial score (nSPS) is 17.9. The molecule has 1 unspecified atom stereocenters. The van der Waals surface area contributed by atoms with Gasteiger partial charge in [-0.3, -0.25) is 0 Å². The van der Waals surface area contributed by atoms with Crippen LogP contribution in [0.3, 0.4) is 0 Å². The van der Waals surface area contributed by atoms with E-state index in [1.54, 1.807) is 0 Å². The first-order chi connectivity index (χ1) is 9.63. The van der Waals surface area contributed by atoms with Gasteiger partial charge in [-0.15, -0.1) is 0 Å². The summed E-state index contributed by atoms with van der Waals surface area (Å²) in [5.41, 5.74) is 8.25. The molecule has 2 heterocycles. The maximum atomic E-state index is 6.10. The molecule has 1 aliphatic heterocycles. The van der Waals surface area contributed by atoms with Crippen molar-refractivity contribution < 1.29 is 0 Å². The lowest BCUT2D eigenvalue weighted by Gasteiger charge is -2.21. The molecule has 1 aliphatic rings. The Labute approximate surface area is 133 Å². The number of likely N-dealkylation sites (tertiary alicyclic amines) is 1. The number of hydrogen-bond acceptors (Lipinski definition) is 3. The van der Waals surface area contributed by atoms with Crippen LogP contribution in [-0.2, 0) is 6.54 Å². The highest BCUT2D eigenvalue weighted by Gasteiger charge is 2.17. The van der Waals surface area contributed by atoms with Crippen LogP contribution < -0.4 is 5.73 Å². The molecular formula is C15H21IN4. The number of hydrogen-bond donors (Lipinski definition) is 1. The second-order valence-electron chi connectivity index (χ2n) is 5.83. The minimum absolute atomic E-state index is 0.590. The number of nitrogen functional groups attached to an aromatic ring is 1. The van der Waals surface area contributed by atoms with Gasteiger partial charge in [-0.2, -0.15) is 0 Å². The van der Waals surface area contributed by atoms with Crippen molar-refractivity contribution in [1.29, 1.82) is 0 Å². The molecule has 5 heteroatoms. The van der Waals surface area contributed by atoms with Gasteiger partial charge in [0.15, 0.2) is 0 Å². The SMILES string of the molecule is CC(CN1CCCC1)Cn1c(N)nc2cc(I)ccc21. The van der Waals surface area contributed by atoms with Crippen molar-refractivity contribution in [2.75, 3.05) is 25.4 Å². The molecule has 1 atom stereocenters. The molecular weight excluding hydrogens is 363 g/mol. The number of imidazole rings is 1. The summed E-state index contributed by atoms with van der Waals surface area (Å²) in [6.45, 7) is 6.91. The second kappa shape index (κ2) is 5.89. The molecule has 3 rings (SSSR count). The predicted octanol–water partition coefficient (Wildman–Crippen LogP) is 2.96. The highest BCUT2D eigenvalue weighted by Crippen LogP contribution is 2.22. The molecule has 1 aromatic heterocycles. The van der Waals surface area contributed by atoms with Crippen LogP contribution in [0.1, 0.15) is 19.8 Å². The summed E-state index contributed by atoms with van der Waals surface area (Å²) in [7, 11) is 0. The van der Waals surface area contributed by atoms with Crippen LogP contribution in [0.25, 0.3) is 11.0 Å². The lowest BCUT2D eigenvalue weighted by molar-refractivity contribution is 0.273. The summed E-state index contributed by atoms with van der Waals surface area (Å²) in [5.74, 6) is 1.22. The third kappa shape index (κ3) is 2.93. The minimum Gasteiger partial charge on any atom is -0.369 e. The van der Waals surface area contributed by atoms with Crippen molar-refractivity contribution in [3.05, 3.63) is 21.8 Å². The van der Waals surface area contributed by atoms with E-state index >= 15 is 0 Å². The number of nitrogens with two attached hydrogens (primary N) is 1. The molecule has 20 heavy (non-hydrogen) atoms. The van der Waals surface area contributed by atoms with Crippen LogP contribution in [0.15, 0.2) is 18.2 Å². The molecule has 0 amide bonds. The highest BCUT2D eigenvalue weighted by atomic mass is 127. The van der Waals surface area contributed by atoms with E-state index in [4.69, 9.17) is 5.73 Å². The van der Waals surface area contributed by atoms with Gasteiger partial charge in [0.1, 0.15) is 0 Å². The van der Waals surface area contributed by atoms with Gasteiger partial charge in [0.25, 0.3) is 0 Å². The number of anilines is 1. The Morgan fingerprint density at radius 1 is 1.30 bits per heavy atom. The van der Waals surface area contributed by atoms with Gasteiger partial charge in [0.05, 0.1) is 11.0 Å². The summed E-state index contributed by atoms with van der Waals surface area (Å²) in [5, 5.41) is 0. The van der Waals surface area contributed by atoms with E-state index < -0.39 is 0 Å². The maximum absolute atomic E-state index is 6.10. The molecule has 0 saturated carbocycles. The topological polar surface area (TPSA) is 47.1 Å². The van der Waals surface area contributed by atoms with Crippen LogP contribution in [0.4, 0.5) is 5.95 Å². The van der Waals surface area contributed by atoms with Crippen molar-refractivity contribution in [2.45, 2.75) is 26.3 Å². The zero-order valence-corrected chi connectivity index (χ0v) is 14.0. The third-order valence-corrected chi connectivity index (χ3v) is 4.67. The van der Waals surface area contributed by atoms with Crippen LogP contribution in [-0.4, -0.2) is 34.1 Å². The van der Waals surface area contributed by atoms with E-state index in [-0.39, 0.29) is 0 Å². The zero-order chi connectivity index (χ0) is 14.1. The molecule has 2 aromatic rings. The van der Waals surface area contributed by atoms with Crippen LogP contribution >= 0.6 is 22.6 Å². The van der Waals surface area contributed by atoms with E-state index in [0.29, 0.717) is 11.9 Å². The van der Waals surface area contributed by atoms with E-state index in [1.807, 2.05) is 0 Å². The lowest BCUT2D eigenvalue weighted by Crippen LogP contribution is -2.27. The van der Waals surface area contributed by atoms with Crippen molar-refractivity contribution in [2.24, 2.45) is 5.92 Å². The molecule has 0 radical (unpaired) electrons. The molecule has 2 N–H and O–H groups in total. The third-order valence-electron chi connectivity index (χ3n) is 4.00. The monoisotopic (exact) mass is 384 g/mol. The molecule has 1 aromatic carbocycles. The Hall–Kier alpha value is -0.820. The summed E-state index contributed by atoms with van der Waals surface area (Å²) >= 11 is 2.31. The van der Waals surface area contributed by atoms with Crippen molar-refractivity contribution in [3.63, 3.8) is 0 Å². The fourth-order valence-corrected chi connectivity index (χ4v) is 3.56. The van der Waals surface area contributed by atoms with Gasteiger partial charge in [-0.25, -0.2) is 4.98 Å². The van der Waals surface area contributed by atoms with Gasteiger partial charge in [0.2, 0.25) is 5.95 Å². The van der Waals surface area contributed by atoms with Crippen molar-refractivity contribution in [3.8, 4) is 0 Å². The van der Waals surface area contributed by atoms with Gasteiger partial charge >= 0.3 is 0 Å². The van der Waals surface area contributed by atoms with Crippen LogP contribution in [0.2, 0.25) is 0 Å². The van der Waals surface area contributed by atoms with Crippen LogP contribution in [0, 0.1) is 9.49 Å². The Bertz CT molecular complexity index is 601. The second-order valence-corrected chi connectivity index (χ2v) is 7.07. The number of benzene rings is 1. The Kier molecular flexibility index (Phi) is 4.16. The van der Waals surface area contributed by atoms with Gasteiger partial charge in [-0.05, 0) is 72.6 Å². The largest absolute Gasteiger partial charge is 0.369 e. The Balaban J connectivity index is 1.77. The molecule has 0 bridgehead atoms. The van der Waals surface area contributed by atoms with Crippen LogP contribution in [0.5, 0.6) is 0 Å². The van der Waals surface area contributed by atoms with Gasteiger partial charge in [-0.1, -0.05) is 6.92 Å². The van der Waals surface area contributed by atoms with E-state index in [2.05, 4.69) is 62.2 Å². The van der Waals surface area contributed by atoms with E-state index in [1.165, 1.54) is 29.5 Å². The van der Waals surface area contributed by atoms with E-state index in [0.717, 1.165) is 24.1 Å². The number of fused-ring (bicyclic) bond motifs is 1. The molecule has 0 spiro atoms. The first-order valence-corrected chi connectivity index (χ1v) is 8.35. The fraction of sp³-hybridized carbons (Fsp3) is 0.533. The highest BCUT2D eigenvalue weighted by molar-refractivity contribution is 14.1. The van der Waals surface area contributed by atoms with Crippen molar-refractivity contribution in [1.82, 2.24) is 14.5 Å². The predicted molar refractivity (Wildman–Crippen MR) is 91.7 cm³/mol. The molecule has 108 valence electrons. The quantitative estimate of drug-likeness (QED) is 0.825. The van der Waals surface area contributed by atoms with Crippen molar-refractivity contribution >= 4 is 39.6 Å². The molecule has 1 saturated heterocycles. The molecule has 1 fully saturated rings. The Morgan fingerprint density at radius 3 is 2.80 bits per heavy atom. The summed E-state index contributed by atoms with van der Waals surface area (Å²) in [6.07, 6.45) is 2.70.